The molecular weight excluding hydrogens is 274 g/mol. The molecule has 0 unspecified atom stereocenters. The van der Waals surface area contributed by atoms with E-state index in [0.717, 1.165) is 38.5 Å². The molecule has 0 saturated heterocycles. The van der Waals surface area contributed by atoms with E-state index in [1.54, 1.807) is 14.0 Å². The number of hydrogen-bond donors (Lipinski definition) is 1. The van der Waals surface area contributed by atoms with Crippen molar-refractivity contribution in [3.05, 3.63) is 0 Å². The molecule has 0 bridgehead atoms. The predicted octanol–water partition coefficient (Wildman–Crippen LogP) is 2.53. The molecule has 0 radical (unpaired) electrons. The Labute approximate surface area is 123 Å². The maximum atomic E-state index is 11.9. The van der Waals surface area contributed by atoms with Crippen LogP contribution in [0.25, 0.3) is 0 Å². The minimum Gasteiger partial charge on any atom is -0.359 e. The second-order valence-electron chi connectivity index (χ2n) is 6.79. The second-order valence-corrected chi connectivity index (χ2v) is 9.26. The van der Waals surface area contributed by atoms with Crippen molar-refractivity contribution in [2.24, 2.45) is 10.8 Å². The minimum absolute atomic E-state index is 0.133. The molecule has 118 valence electrons. The van der Waals surface area contributed by atoms with Crippen LogP contribution in [-0.2, 0) is 14.6 Å². The first kappa shape index (κ1) is 17.5. The third-order valence-electron chi connectivity index (χ3n) is 5.01. The van der Waals surface area contributed by atoms with E-state index in [4.69, 9.17) is 0 Å². The fourth-order valence-electron chi connectivity index (χ4n) is 3.05. The van der Waals surface area contributed by atoms with Crippen molar-refractivity contribution in [2.75, 3.05) is 18.6 Å². The Kier molecular flexibility index (Phi) is 5.64. The molecule has 0 aromatic heterocycles. The van der Waals surface area contributed by atoms with E-state index in [1.165, 1.54) is 0 Å². The van der Waals surface area contributed by atoms with Gasteiger partial charge < -0.3 is 5.32 Å². The molecule has 1 aliphatic rings. The predicted molar refractivity (Wildman–Crippen MR) is 82.3 cm³/mol. The summed E-state index contributed by atoms with van der Waals surface area (Å²) in [7, 11) is -1.16. The lowest BCUT2D eigenvalue weighted by molar-refractivity contribution is -0.132. The molecule has 1 fully saturated rings. The topological polar surface area (TPSA) is 63.2 Å². The van der Waals surface area contributed by atoms with Gasteiger partial charge in [0.05, 0.1) is 5.75 Å². The Morgan fingerprint density at radius 2 is 1.70 bits per heavy atom. The van der Waals surface area contributed by atoms with E-state index in [9.17, 15) is 13.2 Å². The molecular formula is C15H29NO3S. The summed E-state index contributed by atoms with van der Waals surface area (Å²) >= 11 is 0. The first-order valence-electron chi connectivity index (χ1n) is 7.59. The van der Waals surface area contributed by atoms with Crippen LogP contribution in [-0.4, -0.2) is 32.9 Å². The summed E-state index contributed by atoms with van der Waals surface area (Å²) in [5.74, 6) is 0.665. The smallest absolute Gasteiger partial charge is 0.225 e. The third kappa shape index (κ3) is 4.47. The van der Waals surface area contributed by atoms with Gasteiger partial charge >= 0.3 is 0 Å². The number of hydrogen-bond acceptors (Lipinski definition) is 3. The Bertz CT molecular complexity index is 434. The van der Waals surface area contributed by atoms with Gasteiger partial charge in [0, 0.05) is 18.2 Å². The van der Waals surface area contributed by atoms with Crippen molar-refractivity contribution in [1.82, 2.24) is 5.32 Å². The Morgan fingerprint density at radius 1 is 1.15 bits per heavy atom. The molecule has 1 rings (SSSR count). The van der Waals surface area contributed by atoms with Gasteiger partial charge in [-0.1, -0.05) is 20.8 Å². The zero-order chi connectivity index (χ0) is 15.4. The average Bonchev–Trinajstić information content (AvgIpc) is 2.41. The van der Waals surface area contributed by atoms with E-state index in [2.05, 4.69) is 12.2 Å². The molecule has 0 heterocycles. The fraction of sp³-hybridized carbons (Fsp3) is 0.933. The van der Waals surface area contributed by atoms with Gasteiger partial charge in [-0.25, -0.2) is 8.42 Å². The van der Waals surface area contributed by atoms with Gasteiger partial charge in [0.2, 0.25) is 5.91 Å². The highest BCUT2D eigenvalue weighted by Gasteiger charge is 2.41. The lowest BCUT2D eigenvalue weighted by Crippen LogP contribution is -2.42. The summed E-state index contributed by atoms with van der Waals surface area (Å²) < 4.78 is 23.0. The number of nitrogens with one attached hydrogen (secondary N) is 1. The summed E-state index contributed by atoms with van der Waals surface area (Å²) in [4.78, 5) is 11.9. The van der Waals surface area contributed by atoms with E-state index in [-0.39, 0.29) is 22.5 Å². The Morgan fingerprint density at radius 3 is 2.15 bits per heavy atom. The molecule has 0 aromatic rings. The highest BCUT2D eigenvalue weighted by Crippen LogP contribution is 2.47. The molecule has 1 saturated carbocycles. The molecule has 0 spiro atoms. The zero-order valence-corrected chi connectivity index (χ0v) is 14.1. The summed E-state index contributed by atoms with van der Waals surface area (Å²) in [6, 6.07) is 0. The zero-order valence-electron chi connectivity index (χ0n) is 13.3. The molecule has 0 atom stereocenters. The summed E-state index contributed by atoms with van der Waals surface area (Å²) in [5, 5.41) is 2.75. The number of rotatable bonds is 6. The van der Waals surface area contributed by atoms with Crippen molar-refractivity contribution in [3.8, 4) is 0 Å². The molecule has 0 aromatic carbocycles. The van der Waals surface area contributed by atoms with Crippen LogP contribution in [0.2, 0.25) is 0 Å². The molecule has 1 amide bonds. The van der Waals surface area contributed by atoms with Gasteiger partial charge in [-0.05, 0) is 43.9 Å². The first-order valence-corrected chi connectivity index (χ1v) is 9.41. The van der Waals surface area contributed by atoms with Crippen LogP contribution in [0.4, 0.5) is 0 Å². The highest BCUT2D eigenvalue weighted by atomic mass is 32.2. The van der Waals surface area contributed by atoms with Crippen molar-refractivity contribution >= 4 is 15.7 Å². The van der Waals surface area contributed by atoms with Gasteiger partial charge in [0.15, 0.2) is 0 Å². The van der Waals surface area contributed by atoms with E-state index < -0.39 is 9.84 Å². The summed E-state index contributed by atoms with van der Waals surface area (Å²) in [5.41, 5.74) is -0.0550. The molecule has 5 heteroatoms. The SMILES string of the molecule is CCS(=O)(=O)CCCC1(C)CCC(C)(C(=O)NC)CC1. The van der Waals surface area contributed by atoms with Crippen molar-refractivity contribution in [1.29, 1.82) is 0 Å². The van der Waals surface area contributed by atoms with Crippen LogP contribution >= 0.6 is 0 Å². The summed E-state index contributed by atoms with van der Waals surface area (Å²) in [6.45, 7) is 5.97. The van der Waals surface area contributed by atoms with Gasteiger partial charge in [0.1, 0.15) is 9.84 Å². The van der Waals surface area contributed by atoms with Gasteiger partial charge in [-0.3, -0.25) is 4.79 Å². The van der Waals surface area contributed by atoms with E-state index in [1.807, 2.05) is 6.92 Å². The number of carbonyl (C=O) groups excluding carboxylic acids is 1. The quantitative estimate of drug-likeness (QED) is 0.820. The monoisotopic (exact) mass is 303 g/mol. The van der Waals surface area contributed by atoms with E-state index >= 15 is 0 Å². The maximum absolute atomic E-state index is 11.9. The average molecular weight is 303 g/mol. The Hall–Kier alpha value is -0.580. The lowest BCUT2D eigenvalue weighted by atomic mass is 9.63. The van der Waals surface area contributed by atoms with Crippen molar-refractivity contribution < 1.29 is 13.2 Å². The third-order valence-corrected chi connectivity index (χ3v) is 6.80. The molecule has 20 heavy (non-hydrogen) atoms. The number of amides is 1. The van der Waals surface area contributed by atoms with Gasteiger partial charge in [-0.2, -0.15) is 0 Å². The van der Waals surface area contributed by atoms with Crippen LogP contribution < -0.4 is 5.32 Å². The second kappa shape index (κ2) is 6.46. The standard InChI is InChI=1S/C15H29NO3S/c1-5-20(18,19)12-6-7-14(2)8-10-15(3,11-9-14)13(17)16-4/h5-12H2,1-4H3,(H,16,17). The molecule has 4 nitrogen and oxygen atoms in total. The fourth-order valence-corrected chi connectivity index (χ4v) is 3.92. The summed E-state index contributed by atoms with van der Waals surface area (Å²) in [6.07, 6.45) is 5.47. The molecule has 1 aliphatic carbocycles. The molecule has 1 N–H and O–H groups in total. The minimum atomic E-state index is -2.85. The Balaban J connectivity index is 2.48. The van der Waals surface area contributed by atoms with Crippen molar-refractivity contribution in [3.63, 3.8) is 0 Å². The van der Waals surface area contributed by atoms with E-state index in [0.29, 0.717) is 5.75 Å². The van der Waals surface area contributed by atoms with Crippen LogP contribution in [0.15, 0.2) is 0 Å². The number of sulfone groups is 1. The highest BCUT2D eigenvalue weighted by molar-refractivity contribution is 7.91. The van der Waals surface area contributed by atoms with Crippen LogP contribution in [0.3, 0.4) is 0 Å². The normalized spacial score (nSPS) is 31.0. The number of carbonyl (C=O) groups is 1. The maximum Gasteiger partial charge on any atom is 0.225 e. The largest absolute Gasteiger partial charge is 0.359 e. The van der Waals surface area contributed by atoms with Crippen LogP contribution in [0.1, 0.15) is 59.3 Å². The van der Waals surface area contributed by atoms with Gasteiger partial charge in [-0.15, -0.1) is 0 Å². The van der Waals surface area contributed by atoms with Crippen LogP contribution in [0, 0.1) is 10.8 Å². The molecule has 0 aliphatic heterocycles. The first-order chi connectivity index (χ1) is 9.16. The lowest BCUT2D eigenvalue weighted by Gasteiger charge is -2.42. The van der Waals surface area contributed by atoms with Crippen LogP contribution in [0.5, 0.6) is 0 Å². The van der Waals surface area contributed by atoms with Crippen molar-refractivity contribution in [2.45, 2.75) is 59.3 Å². The van der Waals surface area contributed by atoms with Gasteiger partial charge in [0.25, 0.3) is 0 Å².